The van der Waals surface area contributed by atoms with Gasteiger partial charge in [0.2, 0.25) is 11.8 Å². The average Bonchev–Trinajstić information content (AvgIpc) is 2.84. The van der Waals surface area contributed by atoms with E-state index >= 15 is 0 Å². The molecule has 1 aliphatic rings. The van der Waals surface area contributed by atoms with E-state index in [2.05, 4.69) is 19.9 Å². The molecule has 1 aromatic heterocycles. The molecular weight excluding hydrogens is 479 g/mol. The number of anilines is 1. The van der Waals surface area contributed by atoms with Crippen molar-refractivity contribution in [2.45, 2.75) is 26.4 Å². The first-order valence-electron chi connectivity index (χ1n) is 11.2. The summed E-state index contributed by atoms with van der Waals surface area (Å²) in [5, 5.41) is 3.01. The number of hydrogen-bond acceptors (Lipinski definition) is 6. The highest BCUT2D eigenvalue weighted by atomic mass is 19.4. The zero-order chi connectivity index (χ0) is 25.9. The monoisotopic (exact) mass is 503 g/mol. The van der Waals surface area contributed by atoms with Crippen LogP contribution in [-0.2, 0) is 22.7 Å². The predicted molar refractivity (Wildman–Crippen MR) is 125 cm³/mol. The summed E-state index contributed by atoms with van der Waals surface area (Å²) in [4.78, 5) is 45.1. The van der Waals surface area contributed by atoms with E-state index in [1.54, 1.807) is 24.0 Å². The van der Waals surface area contributed by atoms with Crippen LogP contribution in [-0.4, -0.2) is 58.8 Å². The quantitative estimate of drug-likeness (QED) is 0.555. The Kier molecular flexibility index (Phi) is 7.13. The van der Waals surface area contributed by atoms with Gasteiger partial charge in [-0.05, 0) is 35.9 Å². The zero-order valence-corrected chi connectivity index (χ0v) is 19.4. The number of alkyl halides is 3. The van der Waals surface area contributed by atoms with Crippen LogP contribution in [0.5, 0.6) is 5.75 Å². The third-order valence-electron chi connectivity index (χ3n) is 5.86. The van der Waals surface area contributed by atoms with E-state index in [1.165, 1.54) is 23.0 Å². The van der Waals surface area contributed by atoms with E-state index in [-0.39, 0.29) is 30.3 Å². The summed E-state index contributed by atoms with van der Waals surface area (Å²) < 4.78 is 41.8. The van der Waals surface area contributed by atoms with Crippen LogP contribution in [0.3, 0.4) is 0 Å². The molecule has 0 bridgehead atoms. The van der Waals surface area contributed by atoms with E-state index in [1.807, 2.05) is 6.07 Å². The fraction of sp³-hybridized carbons (Fsp3) is 0.333. The standard InChI is InChI=1S/C24H24F3N5O4/c1-16(33)30-8-10-31(11-9-30)18-4-7-21-20(12-18)23(35)32(15-29-21)14-22(34)28-13-17-2-5-19(6-3-17)36-24(25,26)27/h2-7,12,15H,8-11,13-14H2,1H3,(H,28,34). The van der Waals surface area contributed by atoms with Crippen molar-refractivity contribution in [1.29, 1.82) is 0 Å². The number of carbonyl (C=O) groups is 2. The maximum Gasteiger partial charge on any atom is 0.573 e. The van der Waals surface area contributed by atoms with Gasteiger partial charge in [0.15, 0.2) is 0 Å². The van der Waals surface area contributed by atoms with E-state index in [9.17, 15) is 27.6 Å². The van der Waals surface area contributed by atoms with Crippen molar-refractivity contribution >= 4 is 28.4 Å². The minimum absolute atomic E-state index is 0.0333. The molecule has 4 rings (SSSR count). The molecule has 190 valence electrons. The summed E-state index contributed by atoms with van der Waals surface area (Å²) in [5.41, 5.74) is 1.54. The van der Waals surface area contributed by atoms with Crippen molar-refractivity contribution in [3.8, 4) is 5.75 Å². The predicted octanol–water partition coefficient (Wildman–Crippen LogP) is 2.28. The molecule has 0 aliphatic carbocycles. The van der Waals surface area contributed by atoms with E-state index in [0.29, 0.717) is 42.6 Å². The number of piperazine rings is 1. The zero-order valence-electron chi connectivity index (χ0n) is 19.4. The Morgan fingerprint density at radius 1 is 1.06 bits per heavy atom. The highest BCUT2D eigenvalue weighted by molar-refractivity contribution is 5.82. The fourth-order valence-corrected chi connectivity index (χ4v) is 3.96. The van der Waals surface area contributed by atoms with Crippen LogP contribution in [0.2, 0.25) is 0 Å². The molecule has 12 heteroatoms. The van der Waals surface area contributed by atoms with Gasteiger partial charge >= 0.3 is 6.36 Å². The first-order chi connectivity index (χ1) is 17.1. The van der Waals surface area contributed by atoms with Gasteiger partial charge in [0.05, 0.1) is 17.2 Å². The van der Waals surface area contributed by atoms with Gasteiger partial charge in [-0.15, -0.1) is 13.2 Å². The Morgan fingerprint density at radius 3 is 2.39 bits per heavy atom. The minimum Gasteiger partial charge on any atom is -0.406 e. The number of benzene rings is 2. The minimum atomic E-state index is -4.78. The molecule has 0 atom stereocenters. The number of fused-ring (bicyclic) bond motifs is 1. The summed E-state index contributed by atoms with van der Waals surface area (Å²) in [6, 6.07) is 10.5. The third-order valence-corrected chi connectivity index (χ3v) is 5.86. The summed E-state index contributed by atoms with van der Waals surface area (Å²) in [7, 11) is 0. The maximum atomic E-state index is 13.0. The van der Waals surface area contributed by atoms with Gasteiger partial charge in [-0.3, -0.25) is 19.0 Å². The highest BCUT2D eigenvalue weighted by Crippen LogP contribution is 2.23. The Labute approximate surface area is 204 Å². The number of rotatable bonds is 6. The van der Waals surface area contributed by atoms with Gasteiger partial charge in [-0.1, -0.05) is 12.1 Å². The summed E-state index contributed by atoms with van der Waals surface area (Å²) in [6.45, 7) is 3.83. The molecule has 2 aromatic carbocycles. The fourth-order valence-electron chi connectivity index (χ4n) is 3.96. The molecular formula is C24H24F3N5O4. The van der Waals surface area contributed by atoms with Crippen LogP contribution >= 0.6 is 0 Å². The summed E-state index contributed by atoms with van der Waals surface area (Å²) in [5.74, 6) is -0.775. The second-order valence-corrected chi connectivity index (χ2v) is 8.34. The molecule has 2 amide bonds. The lowest BCUT2D eigenvalue weighted by Crippen LogP contribution is -2.48. The number of amides is 2. The molecule has 1 saturated heterocycles. The Hall–Kier alpha value is -4.09. The van der Waals surface area contributed by atoms with Crippen LogP contribution in [0, 0.1) is 0 Å². The van der Waals surface area contributed by atoms with Crippen molar-refractivity contribution in [1.82, 2.24) is 19.8 Å². The van der Waals surface area contributed by atoms with Crippen molar-refractivity contribution < 1.29 is 27.5 Å². The molecule has 0 saturated carbocycles. The number of aromatic nitrogens is 2. The van der Waals surface area contributed by atoms with Crippen LogP contribution in [0.4, 0.5) is 18.9 Å². The van der Waals surface area contributed by atoms with Gasteiger partial charge in [-0.25, -0.2) is 4.98 Å². The van der Waals surface area contributed by atoms with Crippen molar-refractivity contribution in [2.75, 3.05) is 31.1 Å². The van der Waals surface area contributed by atoms with E-state index in [0.717, 1.165) is 17.8 Å². The maximum absolute atomic E-state index is 13.0. The van der Waals surface area contributed by atoms with Crippen LogP contribution in [0.1, 0.15) is 12.5 Å². The van der Waals surface area contributed by atoms with Crippen molar-refractivity contribution in [2.24, 2.45) is 0 Å². The number of halogens is 3. The molecule has 0 radical (unpaired) electrons. The van der Waals surface area contributed by atoms with Crippen LogP contribution in [0.25, 0.3) is 10.9 Å². The molecule has 1 fully saturated rings. The molecule has 36 heavy (non-hydrogen) atoms. The van der Waals surface area contributed by atoms with E-state index < -0.39 is 12.3 Å². The molecule has 1 aliphatic heterocycles. The van der Waals surface area contributed by atoms with Crippen LogP contribution < -0.4 is 20.5 Å². The molecule has 3 aromatic rings. The summed E-state index contributed by atoms with van der Waals surface area (Å²) in [6.07, 6.45) is -3.47. The van der Waals surface area contributed by atoms with Crippen molar-refractivity contribution in [3.05, 3.63) is 64.7 Å². The van der Waals surface area contributed by atoms with Gasteiger partial charge in [-0.2, -0.15) is 0 Å². The number of ether oxygens (including phenoxy) is 1. The largest absolute Gasteiger partial charge is 0.573 e. The van der Waals surface area contributed by atoms with Gasteiger partial charge < -0.3 is 19.9 Å². The van der Waals surface area contributed by atoms with Gasteiger partial charge in [0, 0.05) is 45.3 Å². The lowest BCUT2D eigenvalue weighted by molar-refractivity contribution is -0.274. The molecule has 1 N–H and O–H groups in total. The number of nitrogens with zero attached hydrogens (tertiary/aromatic N) is 4. The van der Waals surface area contributed by atoms with Crippen LogP contribution in [0.15, 0.2) is 53.6 Å². The lowest BCUT2D eigenvalue weighted by atomic mass is 10.2. The second-order valence-electron chi connectivity index (χ2n) is 8.34. The first-order valence-corrected chi connectivity index (χ1v) is 11.2. The molecule has 0 unspecified atom stereocenters. The van der Waals surface area contributed by atoms with Crippen molar-refractivity contribution in [3.63, 3.8) is 0 Å². The normalized spacial score (nSPS) is 14.1. The average molecular weight is 503 g/mol. The first kappa shape index (κ1) is 25.0. The topological polar surface area (TPSA) is 96.8 Å². The number of carbonyl (C=O) groups excluding carboxylic acids is 2. The number of hydrogen-bond donors (Lipinski definition) is 1. The lowest BCUT2D eigenvalue weighted by Gasteiger charge is -2.35. The SMILES string of the molecule is CC(=O)N1CCN(c2ccc3ncn(CC(=O)NCc4ccc(OC(F)(F)F)cc4)c(=O)c3c2)CC1. The van der Waals surface area contributed by atoms with Gasteiger partial charge in [0.1, 0.15) is 12.3 Å². The Morgan fingerprint density at radius 2 is 1.75 bits per heavy atom. The van der Waals surface area contributed by atoms with E-state index in [4.69, 9.17) is 0 Å². The summed E-state index contributed by atoms with van der Waals surface area (Å²) >= 11 is 0. The Bertz CT molecular complexity index is 1320. The molecule has 9 nitrogen and oxygen atoms in total. The smallest absolute Gasteiger partial charge is 0.406 e. The van der Waals surface area contributed by atoms with Gasteiger partial charge in [0.25, 0.3) is 5.56 Å². The highest BCUT2D eigenvalue weighted by Gasteiger charge is 2.31. The Balaban J connectivity index is 1.40. The second kappa shape index (κ2) is 10.3. The third kappa shape index (κ3) is 6.12. The molecule has 0 spiro atoms. The molecule has 2 heterocycles. The number of nitrogens with one attached hydrogen (secondary N) is 1.